The summed E-state index contributed by atoms with van der Waals surface area (Å²) in [7, 11) is 2.15. The predicted molar refractivity (Wildman–Crippen MR) is 67.8 cm³/mol. The first-order valence-corrected chi connectivity index (χ1v) is 5.98. The fourth-order valence-electron chi connectivity index (χ4n) is 2.27. The Labute approximate surface area is 102 Å². The van der Waals surface area contributed by atoms with Crippen LogP contribution < -0.4 is 5.32 Å². The van der Waals surface area contributed by atoms with Gasteiger partial charge in [0.25, 0.3) is 0 Å². The van der Waals surface area contributed by atoms with Crippen LogP contribution >= 0.6 is 0 Å². The van der Waals surface area contributed by atoms with Gasteiger partial charge in [0.2, 0.25) is 0 Å². The second kappa shape index (κ2) is 5.15. The van der Waals surface area contributed by atoms with Gasteiger partial charge in [0.05, 0.1) is 11.6 Å². The molecule has 4 heteroatoms. The summed E-state index contributed by atoms with van der Waals surface area (Å²) in [6, 6.07) is 5.77. The van der Waals surface area contributed by atoms with E-state index in [0.29, 0.717) is 11.5 Å². The van der Waals surface area contributed by atoms with Gasteiger partial charge in [-0.3, -0.25) is 0 Å². The first kappa shape index (κ1) is 11.9. The predicted octanol–water partition coefficient (Wildman–Crippen LogP) is 1.63. The van der Waals surface area contributed by atoms with Gasteiger partial charge in [-0.15, -0.1) is 0 Å². The maximum atomic E-state index is 8.89. The largest absolute Gasteiger partial charge is 0.370 e. The van der Waals surface area contributed by atoms with Crippen molar-refractivity contribution in [2.75, 3.05) is 32.0 Å². The van der Waals surface area contributed by atoms with Gasteiger partial charge in [-0.2, -0.15) is 5.26 Å². The molecule has 0 bridgehead atoms. The van der Waals surface area contributed by atoms with E-state index < -0.39 is 0 Å². The molecule has 0 amide bonds. The summed E-state index contributed by atoms with van der Waals surface area (Å²) in [4.78, 5) is 6.73. The highest BCUT2D eigenvalue weighted by Gasteiger charge is 2.18. The Balaban J connectivity index is 1.95. The van der Waals surface area contributed by atoms with Crippen LogP contribution in [0.2, 0.25) is 0 Å². The molecule has 2 rings (SSSR count). The molecule has 0 spiro atoms. The second-order valence-corrected chi connectivity index (χ2v) is 4.79. The van der Waals surface area contributed by atoms with Crippen LogP contribution in [0.5, 0.6) is 0 Å². The first-order valence-electron chi connectivity index (χ1n) is 5.98. The number of likely N-dealkylation sites (tertiary alicyclic amines) is 1. The average Bonchev–Trinajstić information content (AvgIpc) is 2.72. The van der Waals surface area contributed by atoms with Crippen LogP contribution in [0.4, 0.5) is 5.82 Å². The van der Waals surface area contributed by atoms with E-state index in [2.05, 4.69) is 28.3 Å². The molecule has 1 unspecified atom stereocenters. The number of anilines is 1. The number of aromatic nitrogens is 1. The Morgan fingerprint density at radius 3 is 3.06 bits per heavy atom. The van der Waals surface area contributed by atoms with Crippen molar-refractivity contribution in [3.05, 3.63) is 23.4 Å². The van der Waals surface area contributed by atoms with Gasteiger partial charge in [-0.1, -0.05) is 0 Å². The van der Waals surface area contributed by atoms with E-state index in [1.54, 1.807) is 6.07 Å². The van der Waals surface area contributed by atoms with E-state index in [4.69, 9.17) is 5.26 Å². The van der Waals surface area contributed by atoms with E-state index in [9.17, 15) is 0 Å². The maximum Gasteiger partial charge on any atom is 0.127 e. The number of rotatable bonds is 3. The van der Waals surface area contributed by atoms with Crippen LogP contribution in [0.1, 0.15) is 17.7 Å². The summed E-state index contributed by atoms with van der Waals surface area (Å²) in [6.07, 6.45) is 1.24. The molecule has 1 fully saturated rings. The van der Waals surface area contributed by atoms with E-state index in [1.807, 2.05) is 13.0 Å². The molecule has 2 heterocycles. The number of nitrogens with one attached hydrogen (secondary N) is 1. The Bertz CT molecular complexity index is 436. The SMILES string of the molecule is Cc1cc(C#N)cc(NCC2CCN(C)C2)n1. The Kier molecular flexibility index (Phi) is 3.60. The van der Waals surface area contributed by atoms with Gasteiger partial charge in [0.1, 0.15) is 5.82 Å². The van der Waals surface area contributed by atoms with Crippen molar-refractivity contribution in [2.24, 2.45) is 5.92 Å². The summed E-state index contributed by atoms with van der Waals surface area (Å²) >= 11 is 0. The van der Waals surface area contributed by atoms with Crippen molar-refractivity contribution < 1.29 is 0 Å². The number of aryl methyl sites for hydroxylation is 1. The smallest absolute Gasteiger partial charge is 0.127 e. The highest BCUT2D eigenvalue weighted by Crippen LogP contribution is 2.16. The van der Waals surface area contributed by atoms with Crippen molar-refractivity contribution in [3.8, 4) is 6.07 Å². The summed E-state index contributed by atoms with van der Waals surface area (Å²) in [5, 5.41) is 12.2. The first-order chi connectivity index (χ1) is 8.17. The molecule has 90 valence electrons. The fraction of sp³-hybridized carbons (Fsp3) is 0.538. The lowest BCUT2D eigenvalue weighted by Crippen LogP contribution is -2.19. The third kappa shape index (κ3) is 3.18. The van der Waals surface area contributed by atoms with Gasteiger partial charge in [0.15, 0.2) is 0 Å². The van der Waals surface area contributed by atoms with Crippen LogP contribution in [-0.2, 0) is 0 Å². The zero-order valence-electron chi connectivity index (χ0n) is 10.4. The zero-order chi connectivity index (χ0) is 12.3. The highest BCUT2D eigenvalue weighted by atomic mass is 15.1. The fourth-order valence-corrected chi connectivity index (χ4v) is 2.27. The van der Waals surface area contributed by atoms with Crippen LogP contribution in [0, 0.1) is 24.2 Å². The molecule has 1 aromatic heterocycles. The van der Waals surface area contributed by atoms with Gasteiger partial charge in [-0.25, -0.2) is 4.98 Å². The van der Waals surface area contributed by atoms with Crippen LogP contribution in [0.15, 0.2) is 12.1 Å². The number of hydrogen-bond donors (Lipinski definition) is 1. The van der Waals surface area contributed by atoms with Crippen molar-refractivity contribution in [3.63, 3.8) is 0 Å². The summed E-state index contributed by atoms with van der Waals surface area (Å²) in [6.45, 7) is 5.17. The van der Waals surface area contributed by atoms with Crippen molar-refractivity contribution in [1.82, 2.24) is 9.88 Å². The lowest BCUT2D eigenvalue weighted by Gasteiger charge is -2.12. The van der Waals surface area contributed by atoms with E-state index in [1.165, 1.54) is 13.0 Å². The monoisotopic (exact) mass is 230 g/mol. The third-order valence-electron chi connectivity index (χ3n) is 3.14. The van der Waals surface area contributed by atoms with Gasteiger partial charge in [-0.05, 0) is 45.0 Å². The van der Waals surface area contributed by atoms with Crippen molar-refractivity contribution >= 4 is 5.82 Å². The highest BCUT2D eigenvalue weighted by molar-refractivity contribution is 5.44. The van der Waals surface area contributed by atoms with Crippen LogP contribution in [0.25, 0.3) is 0 Å². The molecule has 1 aliphatic heterocycles. The Morgan fingerprint density at radius 2 is 2.41 bits per heavy atom. The zero-order valence-corrected chi connectivity index (χ0v) is 10.4. The molecule has 0 aliphatic carbocycles. The minimum Gasteiger partial charge on any atom is -0.370 e. The van der Waals surface area contributed by atoms with Gasteiger partial charge in [0, 0.05) is 18.8 Å². The molecule has 1 atom stereocenters. The third-order valence-corrected chi connectivity index (χ3v) is 3.14. The van der Waals surface area contributed by atoms with E-state index in [-0.39, 0.29) is 0 Å². The van der Waals surface area contributed by atoms with Crippen molar-refractivity contribution in [2.45, 2.75) is 13.3 Å². The summed E-state index contributed by atoms with van der Waals surface area (Å²) < 4.78 is 0. The molecule has 1 aliphatic rings. The molecule has 0 radical (unpaired) electrons. The summed E-state index contributed by atoms with van der Waals surface area (Å²) in [5.41, 5.74) is 1.55. The molecular weight excluding hydrogens is 212 g/mol. The standard InChI is InChI=1S/C13H18N4/c1-10-5-12(7-14)6-13(16-10)15-8-11-3-4-17(2)9-11/h5-6,11H,3-4,8-9H2,1-2H3,(H,15,16). The van der Waals surface area contributed by atoms with Crippen LogP contribution in [0.3, 0.4) is 0 Å². The Morgan fingerprint density at radius 1 is 1.59 bits per heavy atom. The minimum absolute atomic E-state index is 0.670. The van der Waals surface area contributed by atoms with Gasteiger partial charge >= 0.3 is 0 Å². The lowest BCUT2D eigenvalue weighted by molar-refractivity contribution is 0.399. The molecule has 4 nitrogen and oxygen atoms in total. The molecule has 0 aromatic carbocycles. The topological polar surface area (TPSA) is 52.0 Å². The minimum atomic E-state index is 0.670. The summed E-state index contributed by atoms with van der Waals surface area (Å²) in [5.74, 6) is 1.50. The molecule has 1 N–H and O–H groups in total. The average molecular weight is 230 g/mol. The Hall–Kier alpha value is -1.60. The van der Waals surface area contributed by atoms with Crippen LogP contribution in [-0.4, -0.2) is 36.6 Å². The number of hydrogen-bond acceptors (Lipinski definition) is 4. The quantitative estimate of drug-likeness (QED) is 0.857. The number of pyridine rings is 1. The lowest BCUT2D eigenvalue weighted by atomic mass is 10.1. The van der Waals surface area contributed by atoms with E-state index in [0.717, 1.165) is 24.6 Å². The number of nitrogens with zero attached hydrogens (tertiary/aromatic N) is 3. The molecule has 0 saturated carbocycles. The van der Waals surface area contributed by atoms with Gasteiger partial charge < -0.3 is 10.2 Å². The van der Waals surface area contributed by atoms with Crippen molar-refractivity contribution in [1.29, 1.82) is 5.26 Å². The normalized spacial score (nSPS) is 20.2. The van der Waals surface area contributed by atoms with E-state index >= 15 is 0 Å². The number of nitriles is 1. The molecular formula is C13H18N4. The molecule has 17 heavy (non-hydrogen) atoms. The molecule has 1 saturated heterocycles. The molecule has 1 aromatic rings. The maximum absolute atomic E-state index is 8.89. The second-order valence-electron chi connectivity index (χ2n) is 4.79.